The maximum atomic E-state index is 12.4. The maximum absolute atomic E-state index is 12.4. The van der Waals surface area contributed by atoms with E-state index in [2.05, 4.69) is 10.2 Å². The molecule has 136 valence electrons. The van der Waals surface area contributed by atoms with Crippen molar-refractivity contribution in [2.45, 2.75) is 57.0 Å². The van der Waals surface area contributed by atoms with E-state index in [0.29, 0.717) is 0 Å². The first-order valence-electron chi connectivity index (χ1n) is 9.54. The van der Waals surface area contributed by atoms with Crippen LogP contribution < -0.4 is 11.1 Å². The van der Waals surface area contributed by atoms with E-state index >= 15 is 0 Å². The molecule has 1 aromatic carbocycles. The van der Waals surface area contributed by atoms with Crippen LogP contribution in [0.1, 0.15) is 56.6 Å². The quantitative estimate of drug-likeness (QED) is 0.862. The van der Waals surface area contributed by atoms with Gasteiger partial charge in [-0.2, -0.15) is 0 Å². The summed E-state index contributed by atoms with van der Waals surface area (Å²) in [7, 11) is 0. The summed E-state index contributed by atoms with van der Waals surface area (Å²) in [6, 6.07) is 9.55. The maximum Gasteiger partial charge on any atom is 0.239 e. The van der Waals surface area contributed by atoms with E-state index in [1.54, 1.807) is 0 Å². The molecule has 0 bridgehead atoms. The van der Waals surface area contributed by atoms with Crippen LogP contribution in [0.2, 0.25) is 0 Å². The topological polar surface area (TPSA) is 75.4 Å². The molecular weight excluding hydrogens is 314 g/mol. The largest absolute Gasteiger partial charge is 0.368 e. The van der Waals surface area contributed by atoms with Crippen molar-refractivity contribution >= 4 is 11.8 Å². The lowest BCUT2D eigenvalue weighted by molar-refractivity contribution is -0.128. The summed E-state index contributed by atoms with van der Waals surface area (Å²) >= 11 is 0. The fraction of sp³-hybridized carbons (Fsp3) is 0.600. The number of piperidine rings is 1. The van der Waals surface area contributed by atoms with Crippen LogP contribution in [0.15, 0.2) is 30.3 Å². The van der Waals surface area contributed by atoms with E-state index in [1.807, 2.05) is 30.3 Å². The summed E-state index contributed by atoms with van der Waals surface area (Å²) in [5.74, 6) is 0.123. The molecule has 0 unspecified atom stereocenters. The van der Waals surface area contributed by atoms with Gasteiger partial charge in [0.1, 0.15) is 6.04 Å². The van der Waals surface area contributed by atoms with Crippen molar-refractivity contribution in [2.75, 3.05) is 13.1 Å². The number of likely N-dealkylation sites (tertiary alicyclic amines) is 1. The smallest absolute Gasteiger partial charge is 0.239 e. The molecule has 1 saturated heterocycles. The molecular formula is C20H29N3O2. The van der Waals surface area contributed by atoms with Crippen LogP contribution in [0.25, 0.3) is 0 Å². The fourth-order valence-electron chi connectivity index (χ4n) is 4.18. The first-order valence-corrected chi connectivity index (χ1v) is 9.54. The number of amides is 2. The zero-order valence-electron chi connectivity index (χ0n) is 14.8. The lowest BCUT2D eigenvalue weighted by Crippen LogP contribution is -2.49. The van der Waals surface area contributed by atoms with Gasteiger partial charge in [-0.25, -0.2) is 0 Å². The Morgan fingerprint density at radius 2 is 1.64 bits per heavy atom. The third-order valence-corrected chi connectivity index (χ3v) is 5.60. The molecule has 1 aromatic rings. The molecule has 2 amide bonds. The molecule has 0 spiro atoms. The highest BCUT2D eigenvalue weighted by atomic mass is 16.2. The summed E-state index contributed by atoms with van der Waals surface area (Å²) < 4.78 is 0. The van der Waals surface area contributed by atoms with E-state index in [9.17, 15) is 9.59 Å². The first kappa shape index (κ1) is 17.9. The van der Waals surface area contributed by atoms with Crippen LogP contribution in [-0.4, -0.2) is 35.8 Å². The van der Waals surface area contributed by atoms with Crippen molar-refractivity contribution in [3.8, 4) is 0 Å². The molecule has 3 rings (SSSR count). The zero-order valence-corrected chi connectivity index (χ0v) is 14.8. The second-order valence-electron chi connectivity index (χ2n) is 7.37. The molecule has 1 saturated carbocycles. The van der Waals surface area contributed by atoms with Gasteiger partial charge in [-0.1, -0.05) is 49.6 Å². The normalized spacial score (nSPS) is 21.6. The Kier molecular flexibility index (Phi) is 6.08. The highest BCUT2D eigenvalue weighted by Crippen LogP contribution is 2.26. The zero-order chi connectivity index (χ0) is 17.6. The standard InChI is InChI=1S/C20H29N3O2/c21-19(24)18(15-7-3-1-4-8-15)23-13-11-17(12-14-23)22-20(25)16-9-5-2-6-10-16/h1,3-4,7-8,16-18H,2,5-6,9-14H2,(H2,21,24)(H,22,25)/t18-/m1/s1. The summed E-state index contributed by atoms with van der Waals surface area (Å²) in [6.07, 6.45) is 7.41. The van der Waals surface area contributed by atoms with Gasteiger partial charge < -0.3 is 11.1 Å². The predicted molar refractivity (Wildman–Crippen MR) is 97.7 cm³/mol. The van der Waals surface area contributed by atoms with Crippen molar-refractivity contribution in [3.05, 3.63) is 35.9 Å². The van der Waals surface area contributed by atoms with Crippen LogP contribution in [0, 0.1) is 5.92 Å². The van der Waals surface area contributed by atoms with E-state index in [1.165, 1.54) is 19.3 Å². The van der Waals surface area contributed by atoms with E-state index in [4.69, 9.17) is 5.73 Å². The van der Waals surface area contributed by atoms with Crippen LogP contribution >= 0.6 is 0 Å². The predicted octanol–water partition coefficient (Wildman–Crippen LogP) is 2.37. The van der Waals surface area contributed by atoms with Crippen molar-refractivity contribution in [1.29, 1.82) is 0 Å². The number of carbonyl (C=O) groups is 2. The molecule has 3 N–H and O–H groups in total. The third kappa shape index (κ3) is 4.60. The lowest BCUT2D eigenvalue weighted by Gasteiger charge is -2.37. The summed E-state index contributed by atoms with van der Waals surface area (Å²) in [5.41, 5.74) is 6.61. The second-order valence-corrected chi connectivity index (χ2v) is 7.37. The molecule has 5 heteroatoms. The number of rotatable bonds is 5. The minimum Gasteiger partial charge on any atom is -0.368 e. The average molecular weight is 343 g/mol. The van der Waals surface area contributed by atoms with Gasteiger partial charge in [0.05, 0.1) is 0 Å². The lowest BCUT2D eigenvalue weighted by atomic mass is 9.88. The first-order chi connectivity index (χ1) is 12.1. The van der Waals surface area contributed by atoms with Gasteiger partial charge >= 0.3 is 0 Å². The number of hydrogen-bond donors (Lipinski definition) is 2. The minimum absolute atomic E-state index is 0.203. The molecule has 1 aliphatic heterocycles. The second kappa shape index (κ2) is 8.48. The van der Waals surface area contributed by atoms with Crippen molar-refractivity contribution in [3.63, 3.8) is 0 Å². The number of primary amides is 1. The number of carbonyl (C=O) groups excluding carboxylic acids is 2. The molecule has 1 heterocycles. The van der Waals surface area contributed by atoms with Gasteiger partial charge in [0.2, 0.25) is 11.8 Å². The van der Waals surface area contributed by atoms with E-state index < -0.39 is 0 Å². The summed E-state index contributed by atoms with van der Waals surface area (Å²) in [6.45, 7) is 1.55. The average Bonchev–Trinajstić information content (AvgIpc) is 2.65. The molecule has 2 aliphatic rings. The Bertz CT molecular complexity index is 576. The van der Waals surface area contributed by atoms with E-state index in [-0.39, 0.29) is 29.8 Å². The van der Waals surface area contributed by atoms with Gasteiger partial charge in [-0.05, 0) is 31.2 Å². The SMILES string of the molecule is NC(=O)[C@@H](c1ccccc1)N1CCC(NC(=O)C2CCCCC2)CC1. The van der Waals surface area contributed by atoms with Crippen LogP contribution in [0.4, 0.5) is 0 Å². The van der Waals surface area contributed by atoms with Gasteiger partial charge in [0.15, 0.2) is 0 Å². The molecule has 1 aliphatic carbocycles. The van der Waals surface area contributed by atoms with Crippen molar-refractivity contribution in [1.82, 2.24) is 10.2 Å². The molecule has 25 heavy (non-hydrogen) atoms. The Balaban J connectivity index is 1.53. The molecule has 2 fully saturated rings. The van der Waals surface area contributed by atoms with E-state index in [0.717, 1.165) is 44.3 Å². The fourth-order valence-corrected chi connectivity index (χ4v) is 4.18. The van der Waals surface area contributed by atoms with Crippen LogP contribution in [0.3, 0.4) is 0 Å². The van der Waals surface area contributed by atoms with Crippen molar-refractivity contribution in [2.24, 2.45) is 11.7 Å². The highest BCUT2D eigenvalue weighted by molar-refractivity contribution is 5.81. The van der Waals surface area contributed by atoms with Crippen LogP contribution in [-0.2, 0) is 9.59 Å². The molecule has 5 nitrogen and oxygen atoms in total. The Morgan fingerprint density at radius 3 is 2.24 bits per heavy atom. The molecule has 1 atom stereocenters. The molecule has 0 radical (unpaired) electrons. The number of nitrogens with one attached hydrogen (secondary N) is 1. The monoisotopic (exact) mass is 343 g/mol. The Hall–Kier alpha value is -1.88. The number of benzene rings is 1. The number of hydrogen-bond acceptors (Lipinski definition) is 3. The van der Waals surface area contributed by atoms with Gasteiger partial charge in [0.25, 0.3) is 0 Å². The number of nitrogens with zero attached hydrogens (tertiary/aromatic N) is 1. The minimum atomic E-state index is -0.379. The Labute approximate surface area is 150 Å². The van der Waals surface area contributed by atoms with Gasteiger partial charge in [-0.15, -0.1) is 0 Å². The summed E-state index contributed by atoms with van der Waals surface area (Å²) in [4.78, 5) is 26.5. The third-order valence-electron chi connectivity index (χ3n) is 5.60. The summed E-state index contributed by atoms with van der Waals surface area (Å²) in [5, 5.41) is 3.24. The van der Waals surface area contributed by atoms with Gasteiger partial charge in [-0.3, -0.25) is 14.5 Å². The number of nitrogens with two attached hydrogens (primary N) is 1. The highest BCUT2D eigenvalue weighted by Gasteiger charge is 2.31. The molecule has 0 aromatic heterocycles. The van der Waals surface area contributed by atoms with Crippen LogP contribution in [0.5, 0.6) is 0 Å². The Morgan fingerprint density at radius 1 is 1.00 bits per heavy atom. The van der Waals surface area contributed by atoms with Gasteiger partial charge in [0, 0.05) is 25.0 Å². The van der Waals surface area contributed by atoms with Crippen molar-refractivity contribution < 1.29 is 9.59 Å².